The molecule has 0 saturated carbocycles. The van der Waals surface area contributed by atoms with E-state index in [1.807, 2.05) is 24.4 Å². The zero-order chi connectivity index (χ0) is 14.1. The van der Waals surface area contributed by atoms with Crippen LogP contribution in [0.4, 0.5) is 10.5 Å². The normalized spacial score (nSPS) is 15.7. The molecule has 1 amide bonds. The van der Waals surface area contributed by atoms with E-state index in [2.05, 4.69) is 9.88 Å². The van der Waals surface area contributed by atoms with Gasteiger partial charge < -0.3 is 24.6 Å². The van der Waals surface area contributed by atoms with Crippen LogP contribution in [0.25, 0.3) is 10.9 Å². The summed E-state index contributed by atoms with van der Waals surface area (Å²) in [5, 5.41) is 10.1. The third kappa shape index (κ3) is 2.03. The Morgan fingerprint density at radius 3 is 2.65 bits per heavy atom. The van der Waals surface area contributed by atoms with E-state index in [-0.39, 0.29) is 0 Å². The van der Waals surface area contributed by atoms with Crippen molar-refractivity contribution in [3.05, 3.63) is 24.4 Å². The van der Waals surface area contributed by atoms with Crippen LogP contribution in [0.2, 0.25) is 0 Å². The van der Waals surface area contributed by atoms with E-state index in [9.17, 15) is 4.79 Å². The van der Waals surface area contributed by atoms with E-state index in [1.54, 1.807) is 7.11 Å². The van der Waals surface area contributed by atoms with Crippen LogP contribution in [-0.4, -0.2) is 54.4 Å². The van der Waals surface area contributed by atoms with Crippen LogP contribution in [0.15, 0.2) is 24.4 Å². The zero-order valence-electron chi connectivity index (χ0n) is 11.3. The van der Waals surface area contributed by atoms with E-state index in [0.717, 1.165) is 22.3 Å². The molecule has 20 heavy (non-hydrogen) atoms. The van der Waals surface area contributed by atoms with Crippen LogP contribution in [0.3, 0.4) is 0 Å². The molecule has 2 heterocycles. The van der Waals surface area contributed by atoms with Gasteiger partial charge in [0.15, 0.2) is 0 Å². The second kappa shape index (κ2) is 4.96. The molecular weight excluding hydrogens is 258 g/mol. The highest BCUT2D eigenvalue weighted by Crippen LogP contribution is 2.36. The lowest BCUT2D eigenvalue weighted by atomic mass is 10.1. The summed E-state index contributed by atoms with van der Waals surface area (Å²) in [6.45, 7) is 2.37. The smallest absolute Gasteiger partial charge is 0.407 e. The second-order valence-corrected chi connectivity index (χ2v) is 4.81. The van der Waals surface area contributed by atoms with Gasteiger partial charge in [-0.3, -0.25) is 0 Å². The molecule has 2 aromatic rings. The summed E-state index contributed by atoms with van der Waals surface area (Å²) in [6.07, 6.45) is 1.05. The predicted molar refractivity (Wildman–Crippen MR) is 76.7 cm³/mol. The maximum Gasteiger partial charge on any atom is 0.407 e. The van der Waals surface area contributed by atoms with E-state index in [1.165, 1.54) is 4.90 Å². The van der Waals surface area contributed by atoms with Crippen molar-refractivity contribution in [3.8, 4) is 5.75 Å². The Balaban J connectivity index is 1.94. The molecule has 2 N–H and O–H groups in total. The van der Waals surface area contributed by atoms with E-state index in [4.69, 9.17) is 9.84 Å². The number of carbonyl (C=O) groups is 1. The van der Waals surface area contributed by atoms with E-state index < -0.39 is 6.09 Å². The van der Waals surface area contributed by atoms with Crippen LogP contribution in [-0.2, 0) is 0 Å². The molecule has 0 bridgehead atoms. The molecule has 0 spiro atoms. The number of amides is 1. The topological polar surface area (TPSA) is 68.8 Å². The number of rotatable bonds is 2. The Labute approximate surface area is 116 Å². The summed E-state index contributed by atoms with van der Waals surface area (Å²) < 4.78 is 5.46. The van der Waals surface area contributed by atoms with Gasteiger partial charge in [0.1, 0.15) is 5.75 Å². The highest BCUT2D eigenvalue weighted by Gasteiger charge is 2.24. The number of hydrogen-bond donors (Lipinski definition) is 2. The van der Waals surface area contributed by atoms with Gasteiger partial charge in [-0.25, -0.2) is 4.79 Å². The molecular formula is C14H17N3O3. The second-order valence-electron chi connectivity index (χ2n) is 4.81. The van der Waals surface area contributed by atoms with Gasteiger partial charge in [0.05, 0.1) is 12.8 Å². The standard InChI is InChI=1S/C14H17N3O3/c1-20-12-3-2-11-10(4-5-15-11)13(12)16-6-8-17(9-7-16)14(18)19/h2-5,15H,6-9H2,1H3,(H,18,19). The summed E-state index contributed by atoms with van der Waals surface area (Å²) >= 11 is 0. The van der Waals surface area contributed by atoms with Crippen molar-refractivity contribution in [3.63, 3.8) is 0 Å². The van der Waals surface area contributed by atoms with Crippen molar-refractivity contribution >= 4 is 22.7 Å². The van der Waals surface area contributed by atoms with Gasteiger partial charge in [-0.2, -0.15) is 0 Å². The van der Waals surface area contributed by atoms with Gasteiger partial charge in [0, 0.05) is 43.3 Å². The van der Waals surface area contributed by atoms with Gasteiger partial charge in [-0.05, 0) is 18.2 Å². The molecule has 0 unspecified atom stereocenters. The lowest BCUT2D eigenvalue weighted by Gasteiger charge is -2.35. The quantitative estimate of drug-likeness (QED) is 0.879. The van der Waals surface area contributed by atoms with Crippen LogP contribution < -0.4 is 9.64 Å². The predicted octanol–water partition coefficient (Wildman–Crippen LogP) is 1.98. The average Bonchev–Trinajstić information content (AvgIpc) is 2.94. The van der Waals surface area contributed by atoms with Gasteiger partial charge in [0.25, 0.3) is 0 Å². The first-order valence-electron chi connectivity index (χ1n) is 6.57. The minimum Gasteiger partial charge on any atom is -0.495 e. The molecule has 6 heteroatoms. The molecule has 1 aromatic heterocycles. The van der Waals surface area contributed by atoms with Crippen molar-refractivity contribution in [2.24, 2.45) is 0 Å². The van der Waals surface area contributed by atoms with Crippen molar-refractivity contribution in [2.45, 2.75) is 0 Å². The number of H-pyrrole nitrogens is 1. The fraction of sp³-hybridized carbons (Fsp3) is 0.357. The van der Waals surface area contributed by atoms with Crippen LogP contribution in [0.5, 0.6) is 5.75 Å². The molecule has 1 aliphatic heterocycles. The van der Waals surface area contributed by atoms with E-state index in [0.29, 0.717) is 26.2 Å². The Bertz CT molecular complexity index is 630. The summed E-state index contributed by atoms with van der Waals surface area (Å²) in [6, 6.07) is 5.96. The Hall–Kier alpha value is -2.37. The molecule has 6 nitrogen and oxygen atoms in total. The third-order valence-corrected chi connectivity index (χ3v) is 3.76. The number of benzene rings is 1. The average molecular weight is 275 g/mol. The SMILES string of the molecule is COc1ccc2[nH]ccc2c1N1CCN(C(=O)O)CC1. The van der Waals surface area contributed by atoms with Crippen molar-refractivity contribution in [2.75, 3.05) is 38.2 Å². The van der Waals surface area contributed by atoms with Crippen LogP contribution in [0, 0.1) is 0 Å². The monoisotopic (exact) mass is 275 g/mol. The Morgan fingerprint density at radius 1 is 1.25 bits per heavy atom. The maximum atomic E-state index is 11.0. The highest BCUT2D eigenvalue weighted by molar-refractivity contribution is 5.96. The Kier molecular flexibility index (Phi) is 3.14. The number of aromatic amines is 1. The number of anilines is 1. The van der Waals surface area contributed by atoms with Crippen molar-refractivity contribution in [1.29, 1.82) is 0 Å². The van der Waals surface area contributed by atoms with Crippen molar-refractivity contribution < 1.29 is 14.6 Å². The molecule has 0 radical (unpaired) electrons. The number of nitrogens with zero attached hydrogens (tertiary/aromatic N) is 2. The Morgan fingerprint density at radius 2 is 2.00 bits per heavy atom. The largest absolute Gasteiger partial charge is 0.495 e. The van der Waals surface area contributed by atoms with Gasteiger partial charge in [0.2, 0.25) is 0 Å². The minimum atomic E-state index is -0.850. The number of piperazine rings is 1. The van der Waals surface area contributed by atoms with Gasteiger partial charge >= 0.3 is 6.09 Å². The number of fused-ring (bicyclic) bond motifs is 1. The van der Waals surface area contributed by atoms with Gasteiger partial charge in [-0.1, -0.05) is 0 Å². The first-order valence-corrected chi connectivity index (χ1v) is 6.57. The maximum absolute atomic E-state index is 11.0. The summed E-state index contributed by atoms with van der Waals surface area (Å²) in [7, 11) is 1.66. The first-order chi connectivity index (χ1) is 9.70. The summed E-state index contributed by atoms with van der Waals surface area (Å²) in [5.74, 6) is 0.820. The molecule has 1 saturated heterocycles. The lowest BCUT2D eigenvalue weighted by molar-refractivity contribution is 0.142. The number of methoxy groups -OCH3 is 1. The molecule has 1 aromatic carbocycles. The third-order valence-electron chi connectivity index (χ3n) is 3.76. The molecule has 1 aliphatic rings. The lowest BCUT2D eigenvalue weighted by Crippen LogP contribution is -2.48. The summed E-state index contributed by atoms with van der Waals surface area (Å²) in [5.41, 5.74) is 2.10. The number of hydrogen-bond acceptors (Lipinski definition) is 3. The fourth-order valence-electron chi connectivity index (χ4n) is 2.71. The number of nitrogens with one attached hydrogen (secondary N) is 1. The fourth-order valence-corrected chi connectivity index (χ4v) is 2.71. The highest BCUT2D eigenvalue weighted by atomic mass is 16.5. The zero-order valence-corrected chi connectivity index (χ0v) is 11.3. The minimum absolute atomic E-state index is 0.513. The van der Waals surface area contributed by atoms with Crippen LogP contribution >= 0.6 is 0 Å². The first kappa shape index (κ1) is 12.7. The number of carboxylic acid groups (broad SMARTS) is 1. The van der Waals surface area contributed by atoms with E-state index >= 15 is 0 Å². The number of aromatic nitrogens is 1. The number of ether oxygens (including phenoxy) is 1. The molecule has 0 atom stereocenters. The van der Waals surface area contributed by atoms with Crippen molar-refractivity contribution in [1.82, 2.24) is 9.88 Å². The molecule has 106 valence electrons. The summed E-state index contributed by atoms with van der Waals surface area (Å²) in [4.78, 5) is 17.8. The van der Waals surface area contributed by atoms with Crippen LogP contribution in [0.1, 0.15) is 0 Å². The molecule has 3 rings (SSSR count). The van der Waals surface area contributed by atoms with Gasteiger partial charge in [-0.15, -0.1) is 0 Å². The molecule has 0 aliphatic carbocycles. The molecule has 1 fully saturated rings.